The van der Waals surface area contributed by atoms with Gasteiger partial charge in [0.2, 0.25) is 5.95 Å². The summed E-state index contributed by atoms with van der Waals surface area (Å²) in [5.41, 5.74) is 9.19. The van der Waals surface area contributed by atoms with E-state index in [1.165, 1.54) is 12.8 Å². The monoisotopic (exact) mass is 357 g/mol. The molecule has 0 unspecified atom stereocenters. The second-order valence-electron chi connectivity index (χ2n) is 5.72. The number of nitrogens with one attached hydrogen (secondary N) is 1. The third-order valence-electron chi connectivity index (χ3n) is 4.00. The van der Waals surface area contributed by atoms with Gasteiger partial charge >= 0.3 is 0 Å². The van der Waals surface area contributed by atoms with Gasteiger partial charge in [0, 0.05) is 24.7 Å². The Kier molecular flexibility index (Phi) is 3.86. The maximum absolute atomic E-state index is 6.58. The quantitative estimate of drug-likeness (QED) is 0.722. The van der Waals surface area contributed by atoms with E-state index in [1.54, 1.807) is 17.5 Å². The predicted octanol–water partition coefficient (Wildman–Crippen LogP) is 4.42. The number of rotatable bonds is 4. The molecule has 0 aliphatic heterocycles. The molecule has 1 aliphatic carbocycles. The molecule has 0 amide bonds. The number of nitrogen functional groups attached to an aromatic ring is 1. The fraction of sp³-hybridized carbons (Fsp3) is 0.235. The van der Waals surface area contributed by atoms with E-state index in [4.69, 9.17) is 22.3 Å². The second-order valence-corrected chi connectivity index (χ2v) is 7.13. The molecule has 3 aromatic rings. The first-order chi connectivity index (χ1) is 11.7. The fourth-order valence-corrected chi connectivity index (χ4v) is 4.13. The normalized spacial score (nSPS) is 13.9. The Morgan fingerprint density at radius 3 is 2.79 bits per heavy atom. The SMILES string of the molecule is CNc1cccc(-c2nc(C3CC3)sc2-c2ccnc(N)n2)c1Cl. The van der Waals surface area contributed by atoms with Gasteiger partial charge in [0.1, 0.15) is 0 Å². The molecule has 24 heavy (non-hydrogen) atoms. The molecule has 0 spiro atoms. The molecule has 0 saturated heterocycles. The van der Waals surface area contributed by atoms with Crippen LogP contribution < -0.4 is 11.1 Å². The van der Waals surface area contributed by atoms with Crippen LogP contribution in [0.1, 0.15) is 23.8 Å². The van der Waals surface area contributed by atoms with Crippen molar-refractivity contribution < 1.29 is 0 Å². The number of halogens is 1. The van der Waals surface area contributed by atoms with E-state index < -0.39 is 0 Å². The van der Waals surface area contributed by atoms with E-state index >= 15 is 0 Å². The van der Waals surface area contributed by atoms with Gasteiger partial charge in [0.15, 0.2) is 0 Å². The third kappa shape index (κ3) is 2.72. The van der Waals surface area contributed by atoms with Crippen LogP contribution in [0.2, 0.25) is 5.02 Å². The van der Waals surface area contributed by atoms with Crippen molar-refractivity contribution >= 4 is 34.6 Å². The van der Waals surface area contributed by atoms with Crippen molar-refractivity contribution in [2.75, 3.05) is 18.1 Å². The largest absolute Gasteiger partial charge is 0.387 e. The van der Waals surface area contributed by atoms with E-state index in [0.717, 1.165) is 32.5 Å². The average Bonchev–Trinajstić information content (AvgIpc) is 3.34. The van der Waals surface area contributed by atoms with Gasteiger partial charge in [0.25, 0.3) is 0 Å². The van der Waals surface area contributed by atoms with Crippen molar-refractivity contribution in [3.05, 3.63) is 40.5 Å². The van der Waals surface area contributed by atoms with E-state index in [-0.39, 0.29) is 5.95 Å². The van der Waals surface area contributed by atoms with Crippen molar-refractivity contribution in [3.8, 4) is 21.8 Å². The first kappa shape index (κ1) is 15.4. The van der Waals surface area contributed by atoms with Crippen LogP contribution in [0.15, 0.2) is 30.5 Å². The molecule has 5 nitrogen and oxygen atoms in total. The molecular formula is C17H16ClN5S. The van der Waals surface area contributed by atoms with E-state index in [1.807, 2.05) is 31.3 Å². The molecule has 1 saturated carbocycles. The zero-order valence-corrected chi connectivity index (χ0v) is 14.7. The molecular weight excluding hydrogens is 342 g/mol. The lowest BCUT2D eigenvalue weighted by Gasteiger charge is -2.09. The number of nitrogens with two attached hydrogens (primary N) is 1. The molecule has 1 aromatic carbocycles. The standard InChI is InChI=1S/C17H16ClN5S/c1-20-11-4-2-3-10(13(11)18)14-15(12-7-8-21-17(19)22-12)24-16(23-14)9-5-6-9/h2-4,7-9,20H,5-6H2,1H3,(H2,19,21,22). The lowest BCUT2D eigenvalue weighted by atomic mass is 10.1. The fourth-order valence-electron chi connectivity index (χ4n) is 2.61. The molecule has 2 heterocycles. The van der Waals surface area contributed by atoms with Gasteiger partial charge in [-0.2, -0.15) is 0 Å². The second kappa shape index (κ2) is 6.03. The summed E-state index contributed by atoms with van der Waals surface area (Å²) in [4.78, 5) is 14.2. The third-order valence-corrected chi connectivity index (χ3v) is 5.65. The molecule has 122 valence electrons. The zero-order chi connectivity index (χ0) is 16.7. The Bertz CT molecular complexity index is 904. The Morgan fingerprint density at radius 2 is 2.08 bits per heavy atom. The number of aromatic nitrogens is 3. The maximum atomic E-state index is 6.58. The zero-order valence-electron chi connectivity index (χ0n) is 13.1. The first-order valence-corrected chi connectivity index (χ1v) is 8.93. The molecule has 0 atom stereocenters. The average molecular weight is 358 g/mol. The minimum absolute atomic E-state index is 0.259. The smallest absolute Gasteiger partial charge is 0.220 e. The van der Waals surface area contributed by atoms with Crippen LogP contribution in [0, 0.1) is 0 Å². The van der Waals surface area contributed by atoms with Gasteiger partial charge in [-0.15, -0.1) is 11.3 Å². The van der Waals surface area contributed by atoms with E-state index in [0.29, 0.717) is 10.9 Å². The van der Waals surface area contributed by atoms with Gasteiger partial charge in [-0.25, -0.2) is 15.0 Å². The predicted molar refractivity (Wildman–Crippen MR) is 99.5 cm³/mol. The highest BCUT2D eigenvalue weighted by Crippen LogP contribution is 2.48. The summed E-state index contributed by atoms with van der Waals surface area (Å²) in [5.74, 6) is 0.822. The summed E-state index contributed by atoms with van der Waals surface area (Å²) >= 11 is 8.26. The minimum atomic E-state index is 0.259. The molecule has 0 radical (unpaired) electrons. The number of nitrogens with zero attached hydrogens (tertiary/aromatic N) is 3. The van der Waals surface area contributed by atoms with Crippen LogP contribution in [0.5, 0.6) is 0 Å². The van der Waals surface area contributed by atoms with Crippen LogP contribution in [-0.4, -0.2) is 22.0 Å². The van der Waals surface area contributed by atoms with Crippen LogP contribution in [0.25, 0.3) is 21.8 Å². The van der Waals surface area contributed by atoms with Crippen molar-refractivity contribution in [2.45, 2.75) is 18.8 Å². The number of hydrogen-bond acceptors (Lipinski definition) is 6. The number of anilines is 2. The van der Waals surface area contributed by atoms with Crippen molar-refractivity contribution in [2.24, 2.45) is 0 Å². The summed E-state index contributed by atoms with van der Waals surface area (Å²) in [6, 6.07) is 7.77. The number of hydrogen-bond donors (Lipinski definition) is 2. The molecule has 7 heteroatoms. The van der Waals surface area contributed by atoms with E-state index in [9.17, 15) is 0 Å². The highest BCUT2D eigenvalue weighted by Gasteiger charge is 2.30. The first-order valence-electron chi connectivity index (χ1n) is 7.73. The molecule has 1 fully saturated rings. The Hall–Kier alpha value is -2.18. The van der Waals surface area contributed by atoms with Gasteiger partial charge in [0.05, 0.1) is 32.0 Å². The highest BCUT2D eigenvalue weighted by molar-refractivity contribution is 7.15. The molecule has 1 aliphatic rings. The van der Waals surface area contributed by atoms with E-state index in [2.05, 4.69) is 15.3 Å². The molecule has 2 aromatic heterocycles. The van der Waals surface area contributed by atoms with Crippen molar-refractivity contribution in [1.82, 2.24) is 15.0 Å². The van der Waals surface area contributed by atoms with Crippen LogP contribution in [0.3, 0.4) is 0 Å². The number of thiazole rings is 1. The number of benzene rings is 1. The summed E-state index contributed by atoms with van der Waals surface area (Å²) in [6.07, 6.45) is 4.06. The van der Waals surface area contributed by atoms with Gasteiger partial charge in [-0.1, -0.05) is 23.7 Å². The van der Waals surface area contributed by atoms with Gasteiger partial charge in [-0.3, -0.25) is 0 Å². The summed E-state index contributed by atoms with van der Waals surface area (Å²) in [5, 5.41) is 4.92. The topological polar surface area (TPSA) is 76.7 Å². The molecule has 4 rings (SSSR count). The summed E-state index contributed by atoms with van der Waals surface area (Å²) < 4.78 is 0. The Balaban J connectivity index is 1.91. The molecule has 3 N–H and O–H groups in total. The minimum Gasteiger partial charge on any atom is -0.387 e. The van der Waals surface area contributed by atoms with Crippen molar-refractivity contribution in [3.63, 3.8) is 0 Å². The molecule has 0 bridgehead atoms. The van der Waals surface area contributed by atoms with Crippen LogP contribution >= 0.6 is 22.9 Å². The Morgan fingerprint density at radius 1 is 1.25 bits per heavy atom. The maximum Gasteiger partial charge on any atom is 0.220 e. The van der Waals surface area contributed by atoms with Crippen molar-refractivity contribution in [1.29, 1.82) is 0 Å². The lowest BCUT2D eigenvalue weighted by Crippen LogP contribution is -1.95. The lowest BCUT2D eigenvalue weighted by molar-refractivity contribution is 1.08. The van der Waals surface area contributed by atoms with Gasteiger partial charge < -0.3 is 11.1 Å². The summed E-state index contributed by atoms with van der Waals surface area (Å²) in [7, 11) is 1.85. The van der Waals surface area contributed by atoms with Gasteiger partial charge in [-0.05, 0) is 25.0 Å². The van der Waals surface area contributed by atoms with Crippen LogP contribution in [-0.2, 0) is 0 Å². The summed E-state index contributed by atoms with van der Waals surface area (Å²) in [6.45, 7) is 0. The Labute approximate surface area is 148 Å². The highest BCUT2D eigenvalue weighted by atomic mass is 35.5. The van der Waals surface area contributed by atoms with Crippen LogP contribution in [0.4, 0.5) is 11.6 Å².